The van der Waals surface area contributed by atoms with Crippen LogP contribution >= 0.6 is 0 Å². The van der Waals surface area contributed by atoms with Gasteiger partial charge in [-0.2, -0.15) is 0 Å². The van der Waals surface area contributed by atoms with E-state index in [0.717, 1.165) is 12.8 Å². The van der Waals surface area contributed by atoms with Crippen molar-refractivity contribution in [3.8, 4) is 0 Å². The molecule has 0 bridgehead atoms. The number of rotatable bonds is 18. The maximum absolute atomic E-state index is 10.5. The van der Waals surface area contributed by atoms with Gasteiger partial charge in [-0.15, -0.1) is 0 Å². The predicted octanol–water partition coefficient (Wildman–Crippen LogP) is 6.19. The van der Waals surface area contributed by atoms with E-state index in [2.05, 4.69) is 6.92 Å². The van der Waals surface area contributed by atoms with Crippen LogP contribution in [-0.4, -0.2) is 24.8 Å². The molecule has 0 aliphatic heterocycles. The summed E-state index contributed by atoms with van der Waals surface area (Å²) in [6.07, 6.45) is 23.5. The zero-order valence-corrected chi connectivity index (χ0v) is 15.1. The van der Waals surface area contributed by atoms with Crippen molar-refractivity contribution in [2.75, 3.05) is 0 Å². The second-order valence-electron chi connectivity index (χ2n) is 6.83. The second-order valence-corrected chi connectivity index (χ2v) is 6.83. The molecule has 0 aliphatic rings. The molecule has 0 aromatic carbocycles. The van der Waals surface area contributed by atoms with E-state index in [4.69, 9.17) is 5.73 Å². The molecule has 133 valence electrons. The van der Waals surface area contributed by atoms with Gasteiger partial charge >= 0.3 is 18.9 Å². The normalized spacial score (nSPS) is 10.5. The fraction of sp³-hybridized carbons (Fsp3) is 0.950. The number of carbonyl (C=O) groups excluding carboxylic acids is 1. The van der Waals surface area contributed by atoms with Gasteiger partial charge in [-0.05, 0) is 6.42 Å². The van der Waals surface area contributed by atoms with E-state index in [9.17, 15) is 4.79 Å². The van der Waals surface area contributed by atoms with Crippen molar-refractivity contribution in [2.45, 2.75) is 122 Å². The molecule has 0 aromatic rings. The van der Waals surface area contributed by atoms with Crippen LogP contribution in [0.5, 0.6) is 0 Å². The Bertz CT molecular complexity index is 234. The summed E-state index contributed by atoms with van der Waals surface area (Å²) in [5.74, 6) is -0.402. The van der Waals surface area contributed by atoms with E-state index in [0.29, 0.717) is 6.42 Å². The molecular formula is C20H41LiNO. The first-order chi connectivity index (χ1) is 10.8. The van der Waals surface area contributed by atoms with Crippen LogP contribution in [0.4, 0.5) is 0 Å². The molecule has 0 rings (SSSR count). The van der Waals surface area contributed by atoms with E-state index < -0.39 is 5.91 Å². The Hall–Kier alpha value is 0.0674. The van der Waals surface area contributed by atoms with E-state index >= 15 is 0 Å². The zero-order chi connectivity index (χ0) is 16.3. The van der Waals surface area contributed by atoms with Crippen LogP contribution in [-0.2, 0) is 4.79 Å². The molecule has 1 N–H and O–H groups in total. The number of hydrogen-bond donors (Lipinski definition) is 0. The van der Waals surface area contributed by atoms with Crippen molar-refractivity contribution < 1.29 is 4.79 Å². The molecule has 0 aromatic heterocycles. The number of unbranched alkanes of at least 4 members (excludes halogenated alkanes) is 16. The van der Waals surface area contributed by atoms with Gasteiger partial charge < -0.3 is 0 Å². The topological polar surface area (TPSA) is 40.9 Å². The second kappa shape index (κ2) is 22.1. The number of hydrogen-bond acceptors (Lipinski definition) is 1. The summed E-state index contributed by atoms with van der Waals surface area (Å²) in [6, 6.07) is 0. The molecule has 0 saturated heterocycles. The Morgan fingerprint density at radius 2 is 0.826 bits per heavy atom. The first kappa shape index (κ1) is 25.3. The molecule has 3 heteroatoms. The van der Waals surface area contributed by atoms with Crippen molar-refractivity contribution in [3.05, 3.63) is 0 Å². The van der Waals surface area contributed by atoms with Gasteiger partial charge in [0.05, 0.1) is 0 Å². The molecule has 0 spiro atoms. The van der Waals surface area contributed by atoms with Gasteiger partial charge in [-0.1, -0.05) is 110 Å². The minimum atomic E-state index is -0.402. The van der Waals surface area contributed by atoms with Crippen LogP contribution in [0, 0.1) is 0 Å². The first-order valence-corrected chi connectivity index (χ1v) is 10.0. The minimum absolute atomic E-state index is 0. The Balaban J connectivity index is 0. The zero-order valence-electron chi connectivity index (χ0n) is 15.1. The number of carbonyl (C=O) groups is 1. The van der Waals surface area contributed by atoms with Crippen LogP contribution < -0.4 is 5.73 Å². The molecule has 0 atom stereocenters. The average molecular weight is 318 g/mol. The standard InChI is InChI=1S/C20H40NO.Li.H/c1-2-3-4-5-6-7-8-9-10-11-12-13-14-15-16-17-18-19-20(21)22;;/h21H,2-19H2,1H3;;. The summed E-state index contributed by atoms with van der Waals surface area (Å²) >= 11 is 0. The van der Waals surface area contributed by atoms with Gasteiger partial charge in [0.1, 0.15) is 0 Å². The third-order valence-electron chi connectivity index (χ3n) is 4.51. The van der Waals surface area contributed by atoms with Gasteiger partial charge in [0.25, 0.3) is 0 Å². The maximum atomic E-state index is 10.5. The molecular weight excluding hydrogens is 277 g/mol. The van der Waals surface area contributed by atoms with Gasteiger partial charge in [-0.25, -0.2) is 0 Å². The molecule has 0 fully saturated rings. The first-order valence-electron chi connectivity index (χ1n) is 10.0. The van der Waals surface area contributed by atoms with Crippen LogP contribution in [0.15, 0.2) is 0 Å². The Morgan fingerprint density at radius 1 is 0.565 bits per heavy atom. The monoisotopic (exact) mass is 318 g/mol. The molecule has 0 heterocycles. The molecule has 23 heavy (non-hydrogen) atoms. The van der Waals surface area contributed by atoms with Crippen molar-refractivity contribution >= 4 is 24.8 Å². The summed E-state index contributed by atoms with van der Waals surface area (Å²) in [5, 5.41) is 0. The fourth-order valence-corrected chi connectivity index (χ4v) is 3.01. The summed E-state index contributed by atoms with van der Waals surface area (Å²) in [5.41, 5.74) is 6.83. The third kappa shape index (κ3) is 24.4. The van der Waals surface area contributed by atoms with Crippen LogP contribution in [0.2, 0.25) is 0 Å². The van der Waals surface area contributed by atoms with E-state index in [1.54, 1.807) is 0 Å². The van der Waals surface area contributed by atoms with Gasteiger partial charge in [0.2, 0.25) is 5.91 Å². The van der Waals surface area contributed by atoms with Crippen LogP contribution in [0.1, 0.15) is 122 Å². The molecule has 2 nitrogen and oxygen atoms in total. The average Bonchev–Trinajstić information content (AvgIpc) is 2.50. The van der Waals surface area contributed by atoms with Crippen LogP contribution in [0.25, 0.3) is 0 Å². The number of amides is 1. The molecule has 1 radical (unpaired) electrons. The van der Waals surface area contributed by atoms with Gasteiger partial charge in [0, 0.05) is 6.42 Å². The van der Waals surface area contributed by atoms with Gasteiger partial charge in [0.15, 0.2) is 0 Å². The summed E-state index contributed by atoms with van der Waals surface area (Å²) in [6.45, 7) is 2.28. The fourth-order valence-electron chi connectivity index (χ4n) is 3.01. The van der Waals surface area contributed by atoms with Crippen molar-refractivity contribution in [2.24, 2.45) is 0 Å². The van der Waals surface area contributed by atoms with E-state index in [1.807, 2.05) is 0 Å². The quantitative estimate of drug-likeness (QED) is 0.219. The SMILES string of the molecule is CCCCCCCCCCCCCCCCCCCC([NH])=O.[LiH]. The Labute approximate surface area is 157 Å². The van der Waals surface area contributed by atoms with Crippen molar-refractivity contribution in [1.82, 2.24) is 5.73 Å². The summed E-state index contributed by atoms with van der Waals surface area (Å²) in [7, 11) is 0. The predicted molar refractivity (Wildman–Crippen MR) is 104 cm³/mol. The summed E-state index contributed by atoms with van der Waals surface area (Å²) in [4.78, 5) is 10.5. The Morgan fingerprint density at radius 3 is 1.09 bits per heavy atom. The van der Waals surface area contributed by atoms with Gasteiger partial charge in [-0.3, -0.25) is 10.5 Å². The van der Waals surface area contributed by atoms with E-state index in [-0.39, 0.29) is 18.9 Å². The van der Waals surface area contributed by atoms with E-state index in [1.165, 1.54) is 96.3 Å². The Kier molecular flexibility index (Phi) is 24.3. The third-order valence-corrected chi connectivity index (χ3v) is 4.51. The van der Waals surface area contributed by atoms with Crippen molar-refractivity contribution in [1.29, 1.82) is 0 Å². The molecule has 0 unspecified atom stereocenters. The van der Waals surface area contributed by atoms with Crippen molar-refractivity contribution in [3.63, 3.8) is 0 Å². The molecule has 1 amide bonds. The van der Waals surface area contributed by atoms with Crippen LogP contribution in [0.3, 0.4) is 0 Å². The molecule has 0 saturated carbocycles. The summed E-state index contributed by atoms with van der Waals surface area (Å²) < 4.78 is 0. The number of nitrogens with one attached hydrogen (secondary N) is 1. The molecule has 0 aliphatic carbocycles.